The molecule has 13 heteroatoms. The van der Waals surface area contributed by atoms with E-state index in [2.05, 4.69) is 15.5 Å². The van der Waals surface area contributed by atoms with Crippen molar-refractivity contribution in [3.8, 4) is 21.8 Å². The minimum atomic E-state index is -1.04. The van der Waals surface area contributed by atoms with E-state index in [4.69, 9.17) is 14.2 Å². The SMILES string of the molecule is Cc1noc(C)c1-c1ccn2c(-c3ncc(C(=O)NC4COC4)s3)c([C@@H]3CCCC(=O)N3c3ccc(F)c(F)c3)nc2c1. The molecule has 1 N–H and O–H groups in total. The average Bonchev–Trinajstić information content (AvgIpc) is 3.68. The van der Waals surface area contributed by atoms with Crippen LogP contribution in [0.1, 0.15) is 52.1 Å². The van der Waals surface area contributed by atoms with Gasteiger partial charge in [-0.15, -0.1) is 11.3 Å². The van der Waals surface area contributed by atoms with E-state index in [9.17, 15) is 18.4 Å². The number of hydrogen-bond acceptors (Lipinski definition) is 8. The van der Waals surface area contributed by atoms with Crippen molar-refractivity contribution in [2.75, 3.05) is 18.1 Å². The average molecular weight is 605 g/mol. The summed E-state index contributed by atoms with van der Waals surface area (Å²) in [6.07, 6.45) is 4.78. The number of benzene rings is 1. The summed E-state index contributed by atoms with van der Waals surface area (Å²) in [4.78, 5) is 37.8. The van der Waals surface area contributed by atoms with Crippen LogP contribution in [-0.2, 0) is 9.53 Å². The van der Waals surface area contributed by atoms with Crippen LogP contribution in [0.2, 0.25) is 0 Å². The monoisotopic (exact) mass is 604 g/mol. The molecule has 2 amide bonds. The standard InChI is InChI=1S/C30H26F2N6O4S/c1-15-26(16(2)42-36-15)17-8-9-37-24(10-17)35-27(28(37)30-33-12-23(43-30)29(40)34-18-13-41-14-18)22-4-3-5-25(39)38(22)19-6-7-20(31)21(32)11-19/h6-12,18,22H,3-5,13-14H2,1-2H3,(H,34,40)/t22-/m0/s1. The number of thiazole rings is 1. The quantitative estimate of drug-likeness (QED) is 0.276. The lowest BCUT2D eigenvalue weighted by Gasteiger charge is -2.35. The van der Waals surface area contributed by atoms with E-state index in [0.29, 0.717) is 58.7 Å². The summed E-state index contributed by atoms with van der Waals surface area (Å²) in [5.74, 6) is -1.83. The van der Waals surface area contributed by atoms with Gasteiger partial charge in [0.05, 0.1) is 42.9 Å². The number of pyridine rings is 1. The second-order valence-corrected chi connectivity index (χ2v) is 11.7. The summed E-state index contributed by atoms with van der Waals surface area (Å²) in [6.45, 7) is 4.65. The van der Waals surface area contributed by atoms with Crippen LogP contribution in [-0.4, -0.2) is 50.6 Å². The van der Waals surface area contributed by atoms with Crippen LogP contribution in [0.15, 0.2) is 47.2 Å². The number of ether oxygens (including phenoxy) is 1. The molecule has 1 atom stereocenters. The molecule has 0 bridgehead atoms. The molecule has 0 radical (unpaired) electrons. The molecule has 0 saturated carbocycles. The number of aryl methyl sites for hydroxylation is 2. The molecule has 2 aliphatic heterocycles. The van der Waals surface area contributed by atoms with Crippen molar-refractivity contribution < 1.29 is 27.6 Å². The van der Waals surface area contributed by atoms with E-state index >= 15 is 0 Å². The maximum atomic E-state index is 14.3. The van der Waals surface area contributed by atoms with Gasteiger partial charge >= 0.3 is 0 Å². The first-order chi connectivity index (χ1) is 20.8. The fourth-order valence-electron chi connectivity index (χ4n) is 5.71. The second kappa shape index (κ2) is 10.7. The smallest absolute Gasteiger partial charge is 0.263 e. The van der Waals surface area contributed by atoms with Gasteiger partial charge in [-0.1, -0.05) is 5.16 Å². The van der Waals surface area contributed by atoms with Crippen molar-refractivity contribution in [1.29, 1.82) is 0 Å². The molecule has 220 valence electrons. The zero-order valence-electron chi connectivity index (χ0n) is 23.3. The summed E-state index contributed by atoms with van der Waals surface area (Å²) < 4.78 is 40.6. The van der Waals surface area contributed by atoms with Crippen LogP contribution in [0.3, 0.4) is 0 Å². The fourth-order valence-corrected chi connectivity index (χ4v) is 6.58. The third-order valence-corrected chi connectivity index (χ3v) is 8.83. The Morgan fingerprint density at radius 3 is 2.70 bits per heavy atom. The number of nitrogens with zero attached hydrogens (tertiary/aromatic N) is 5. The highest BCUT2D eigenvalue weighted by Gasteiger charge is 2.36. The Bertz CT molecular complexity index is 1880. The highest BCUT2D eigenvalue weighted by Crippen LogP contribution is 2.42. The first-order valence-corrected chi connectivity index (χ1v) is 14.7. The summed E-state index contributed by atoms with van der Waals surface area (Å²) in [7, 11) is 0. The van der Waals surface area contributed by atoms with Crippen LogP contribution >= 0.6 is 11.3 Å². The van der Waals surface area contributed by atoms with Crippen molar-refractivity contribution in [2.45, 2.75) is 45.2 Å². The molecule has 7 rings (SSSR count). The van der Waals surface area contributed by atoms with Crippen molar-refractivity contribution in [2.24, 2.45) is 0 Å². The molecule has 6 heterocycles. The van der Waals surface area contributed by atoms with Crippen molar-refractivity contribution in [3.05, 3.63) is 76.4 Å². The zero-order chi connectivity index (χ0) is 29.8. The van der Waals surface area contributed by atoms with E-state index in [-0.39, 0.29) is 30.0 Å². The molecular formula is C30H26F2N6O4S. The molecule has 10 nitrogen and oxygen atoms in total. The van der Waals surface area contributed by atoms with E-state index in [1.54, 1.807) is 0 Å². The van der Waals surface area contributed by atoms with Crippen LogP contribution in [0.4, 0.5) is 14.5 Å². The van der Waals surface area contributed by atoms with Crippen molar-refractivity contribution >= 4 is 34.5 Å². The Morgan fingerprint density at radius 1 is 1.14 bits per heavy atom. The maximum absolute atomic E-state index is 14.3. The Hall–Kier alpha value is -4.49. The molecule has 4 aromatic heterocycles. The number of carbonyl (C=O) groups is 2. The normalized spacial score (nSPS) is 17.4. The van der Waals surface area contributed by atoms with Crippen LogP contribution < -0.4 is 10.2 Å². The van der Waals surface area contributed by atoms with Gasteiger partial charge in [0.25, 0.3) is 5.91 Å². The maximum Gasteiger partial charge on any atom is 0.263 e. The van der Waals surface area contributed by atoms with Gasteiger partial charge in [0.2, 0.25) is 5.91 Å². The predicted octanol–water partition coefficient (Wildman–Crippen LogP) is 5.39. The van der Waals surface area contributed by atoms with E-state index in [1.807, 2.05) is 36.6 Å². The molecule has 0 spiro atoms. The number of rotatable bonds is 6. The first-order valence-electron chi connectivity index (χ1n) is 13.9. The number of imidazole rings is 1. The minimum Gasteiger partial charge on any atom is -0.377 e. The molecule has 43 heavy (non-hydrogen) atoms. The number of amides is 2. The molecule has 1 aromatic carbocycles. The van der Waals surface area contributed by atoms with E-state index < -0.39 is 17.7 Å². The molecule has 2 aliphatic rings. The van der Waals surface area contributed by atoms with Gasteiger partial charge in [-0.25, -0.2) is 18.7 Å². The summed E-state index contributed by atoms with van der Waals surface area (Å²) in [5, 5.41) is 7.54. The fraction of sp³-hybridized carbons (Fsp3) is 0.300. The Balaban J connectivity index is 1.38. The van der Waals surface area contributed by atoms with Gasteiger partial charge in [0, 0.05) is 29.9 Å². The Morgan fingerprint density at radius 2 is 1.98 bits per heavy atom. The predicted molar refractivity (Wildman–Crippen MR) is 154 cm³/mol. The summed E-state index contributed by atoms with van der Waals surface area (Å²) in [5.41, 5.74) is 4.44. The lowest BCUT2D eigenvalue weighted by atomic mass is 9.96. The third kappa shape index (κ3) is 4.78. The van der Waals surface area contributed by atoms with Gasteiger partial charge in [0.15, 0.2) is 11.6 Å². The number of piperidine rings is 1. The number of aromatic nitrogens is 4. The van der Waals surface area contributed by atoms with Crippen LogP contribution in [0, 0.1) is 25.5 Å². The number of carbonyl (C=O) groups excluding carboxylic acids is 2. The van der Waals surface area contributed by atoms with Gasteiger partial charge in [-0.05, 0) is 56.5 Å². The van der Waals surface area contributed by atoms with Gasteiger partial charge in [-0.2, -0.15) is 0 Å². The Labute approximate surface area is 248 Å². The van der Waals surface area contributed by atoms with Crippen LogP contribution in [0.25, 0.3) is 27.5 Å². The summed E-state index contributed by atoms with van der Waals surface area (Å²) in [6, 6.07) is 6.66. The number of halogens is 2. The number of hydrogen-bond donors (Lipinski definition) is 1. The first kappa shape index (κ1) is 27.3. The number of nitrogens with one attached hydrogen (secondary N) is 1. The molecule has 0 unspecified atom stereocenters. The third-order valence-electron chi connectivity index (χ3n) is 7.83. The van der Waals surface area contributed by atoms with Crippen molar-refractivity contribution in [3.63, 3.8) is 0 Å². The van der Waals surface area contributed by atoms with Crippen molar-refractivity contribution in [1.82, 2.24) is 24.8 Å². The van der Waals surface area contributed by atoms with Gasteiger partial charge in [-0.3, -0.25) is 14.0 Å². The topological polar surface area (TPSA) is 115 Å². The van der Waals surface area contributed by atoms with E-state index in [1.165, 1.54) is 28.5 Å². The summed E-state index contributed by atoms with van der Waals surface area (Å²) >= 11 is 1.21. The lowest BCUT2D eigenvalue weighted by Crippen LogP contribution is -2.48. The Kier molecular flexibility index (Phi) is 6.78. The van der Waals surface area contributed by atoms with Crippen LogP contribution in [0.5, 0.6) is 0 Å². The molecular weight excluding hydrogens is 578 g/mol. The number of anilines is 1. The highest BCUT2D eigenvalue weighted by atomic mass is 32.1. The largest absolute Gasteiger partial charge is 0.377 e. The lowest BCUT2D eigenvalue weighted by molar-refractivity contribution is -0.120. The highest BCUT2D eigenvalue weighted by molar-refractivity contribution is 7.16. The minimum absolute atomic E-state index is 0.0370. The molecule has 0 aliphatic carbocycles. The second-order valence-electron chi connectivity index (χ2n) is 10.7. The number of fused-ring (bicyclic) bond motifs is 1. The zero-order valence-corrected chi connectivity index (χ0v) is 24.1. The molecule has 5 aromatic rings. The molecule has 2 fully saturated rings. The van der Waals surface area contributed by atoms with E-state index in [0.717, 1.165) is 29.0 Å². The van der Waals surface area contributed by atoms with Gasteiger partial charge in [0.1, 0.15) is 27.0 Å². The van der Waals surface area contributed by atoms with Gasteiger partial charge < -0.3 is 19.5 Å². The molecule has 2 saturated heterocycles.